The van der Waals surface area contributed by atoms with Gasteiger partial charge in [-0.1, -0.05) is 6.08 Å². The van der Waals surface area contributed by atoms with Crippen LogP contribution in [0.1, 0.15) is 12.5 Å². The molecule has 86 valence electrons. The SMILES string of the molecule is C/C=C/C(=O)Oc1ccc(C(F)(F)F)cc1. The van der Waals surface area contributed by atoms with Crippen molar-refractivity contribution in [3.8, 4) is 5.75 Å². The third-order valence-electron chi connectivity index (χ3n) is 1.70. The van der Waals surface area contributed by atoms with Crippen molar-refractivity contribution in [1.82, 2.24) is 0 Å². The average molecular weight is 230 g/mol. The number of benzene rings is 1. The van der Waals surface area contributed by atoms with E-state index in [1.807, 2.05) is 0 Å². The van der Waals surface area contributed by atoms with Crippen molar-refractivity contribution in [3.05, 3.63) is 42.0 Å². The highest BCUT2D eigenvalue weighted by Gasteiger charge is 2.30. The van der Waals surface area contributed by atoms with E-state index in [-0.39, 0.29) is 5.75 Å². The third-order valence-corrected chi connectivity index (χ3v) is 1.70. The van der Waals surface area contributed by atoms with Gasteiger partial charge in [-0.05, 0) is 31.2 Å². The van der Waals surface area contributed by atoms with Gasteiger partial charge in [-0.15, -0.1) is 0 Å². The molecule has 0 radical (unpaired) electrons. The van der Waals surface area contributed by atoms with Crippen LogP contribution in [0, 0.1) is 0 Å². The maximum absolute atomic E-state index is 12.2. The molecule has 0 unspecified atom stereocenters. The van der Waals surface area contributed by atoms with E-state index in [9.17, 15) is 18.0 Å². The molecule has 0 aromatic heterocycles. The first kappa shape index (κ1) is 12.3. The van der Waals surface area contributed by atoms with E-state index < -0.39 is 17.7 Å². The standard InChI is InChI=1S/C11H9F3O2/c1-2-3-10(15)16-9-6-4-8(5-7-9)11(12,13)14/h2-7H,1H3/b3-2+. The normalized spacial score (nSPS) is 11.8. The Balaban J connectivity index is 2.76. The highest BCUT2D eigenvalue weighted by molar-refractivity contribution is 5.83. The maximum Gasteiger partial charge on any atom is 0.416 e. The van der Waals surface area contributed by atoms with Crippen LogP contribution in [-0.4, -0.2) is 5.97 Å². The Kier molecular flexibility index (Phi) is 3.71. The molecular weight excluding hydrogens is 221 g/mol. The lowest BCUT2D eigenvalue weighted by Crippen LogP contribution is -2.06. The molecule has 1 aromatic carbocycles. The van der Waals surface area contributed by atoms with Crippen molar-refractivity contribution in [1.29, 1.82) is 0 Å². The lowest BCUT2D eigenvalue weighted by molar-refractivity contribution is -0.137. The number of hydrogen-bond acceptors (Lipinski definition) is 2. The quantitative estimate of drug-likeness (QED) is 0.443. The first-order valence-corrected chi connectivity index (χ1v) is 4.45. The Labute approximate surface area is 90.3 Å². The second-order valence-corrected chi connectivity index (χ2v) is 2.94. The Morgan fingerprint density at radius 2 is 1.81 bits per heavy atom. The topological polar surface area (TPSA) is 26.3 Å². The van der Waals surface area contributed by atoms with E-state index in [4.69, 9.17) is 4.74 Å². The van der Waals surface area contributed by atoms with Crippen molar-refractivity contribution in [3.63, 3.8) is 0 Å². The van der Waals surface area contributed by atoms with E-state index in [0.717, 1.165) is 24.3 Å². The molecule has 0 amide bonds. The van der Waals surface area contributed by atoms with Crippen molar-refractivity contribution >= 4 is 5.97 Å². The van der Waals surface area contributed by atoms with Gasteiger partial charge in [0, 0.05) is 6.08 Å². The fraction of sp³-hybridized carbons (Fsp3) is 0.182. The molecule has 0 heterocycles. The number of carbonyl (C=O) groups is 1. The van der Waals surface area contributed by atoms with Gasteiger partial charge in [0.1, 0.15) is 5.75 Å². The minimum absolute atomic E-state index is 0.0797. The zero-order chi connectivity index (χ0) is 12.2. The summed E-state index contributed by atoms with van der Waals surface area (Å²) in [5.41, 5.74) is -0.779. The number of rotatable bonds is 2. The summed E-state index contributed by atoms with van der Waals surface area (Å²) in [6.07, 6.45) is -1.73. The van der Waals surface area contributed by atoms with E-state index in [0.29, 0.717) is 0 Å². The van der Waals surface area contributed by atoms with Gasteiger partial charge in [-0.25, -0.2) is 4.79 Å². The fourth-order valence-corrected chi connectivity index (χ4v) is 0.998. The predicted octanol–water partition coefficient (Wildman–Crippen LogP) is 3.19. The molecule has 0 fully saturated rings. The van der Waals surface area contributed by atoms with Crippen molar-refractivity contribution < 1.29 is 22.7 Å². The van der Waals surface area contributed by atoms with Crippen LogP contribution in [0.15, 0.2) is 36.4 Å². The second kappa shape index (κ2) is 4.83. The Bertz CT molecular complexity index is 391. The zero-order valence-corrected chi connectivity index (χ0v) is 8.41. The minimum atomic E-state index is -4.38. The van der Waals surface area contributed by atoms with Gasteiger partial charge in [-0.3, -0.25) is 0 Å². The van der Waals surface area contributed by atoms with Crippen LogP contribution >= 0.6 is 0 Å². The number of carbonyl (C=O) groups excluding carboxylic acids is 1. The average Bonchev–Trinajstić information content (AvgIpc) is 2.17. The van der Waals surface area contributed by atoms with Gasteiger partial charge >= 0.3 is 12.1 Å². The summed E-state index contributed by atoms with van der Waals surface area (Å²) in [4.78, 5) is 11.0. The van der Waals surface area contributed by atoms with Crippen LogP contribution in [0.3, 0.4) is 0 Å². The molecule has 2 nitrogen and oxygen atoms in total. The number of alkyl halides is 3. The Hall–Kier alpha value is -1.78. The smallest absolute Gasteiger partial charge is 0.416 e. The van der Waals surface area contributed by atoms with Gasteiger partial charge in [0.2, 0.25) is 0 Å². The zero-order valence-electron chi connectivity index (χ0n) is 8.41. The van der Waals surface area contributed by atoms with Crippen LogP contribution in [0.5, 0.6) is 5.75 Å². The molecule has 0 aliphatic carbocycles. The van der Waals surface area contributed by atoms with Gasteiger partial charge in [0.25, 0.3) is 0 Å². The third kappa shape index (κ3) is 3.42. The van der Waals surface area contributed by atoms with Crippen LogP contribution in [0.25, 0.3) is 0 Å². The van der Waals surface area contributed by atoms with Crippen LogP contribution in [0.2, 0.25) is 0 Å². The molecule has 16 heavy (non-hydrogen) atoms. The molecule has 0 saturated heterocycles. The number of hydrogen-bond donors (Lipinski definition) is 0. The second-order valence-electron chi connectivity index (χ2n) is 2.94. The van der Waals surface area contributed by atoms with Gasteiger partial charge in [-0.2, -0.15) is 13.2 Å². The molecule has 0 aliphatic heterocycles. The number of ether oxygens (including phenoxy) is 1. The highest BCUT2D eigenvalue weighted by Crippen LogP contribution is 2.30. The molecule has 0 bridgehead atoms. The van der Waals surface area contributed by atoms with Gasteiger partial charge < -0.3 is 4.74 Å². The highest BCUT2D eigenvalue weighted by atomic mass is 19.4. The van der Waals surface area contributed by atoms with Crippen molar-refractivity contribution in [2.24, 2.45) is 0 Å². The first-order chi connectivity index (χ1) is 7.43. The molecule has 1 aromatic rings. The van der Waals surface area contributed by atoms with Crippen molar-refractivity contribution in [2.45, 2.75) is 13.1 Å². The number of allylic oxidation sites excluding steroid dienone is 1. The minimum Gasteiger partial charge on any atom is -0.423 e. The van der Waals surface area contributed by atoms with Crippen LogP contribution < -0.4 is 4.74 Å². The van der Waals surface area contributed by atoms with E-state index in [1.54, 1.807) is 6.92 Å². The maximum atomic E-state index is 12.2. The number of esters is 1. The van der Waals surface area contributed by atoms with Crippen LogP contribution in [-0.2, 0) is 11.0 Å². The number of halogens is 3. The Morgan fingerprint density at radius 3 is 2.25 bits per heavy atom. The largest absolute Gasteiger partial charge is 0.423 e. The molecule has 0 atom stereocenters. The summed E-state index contributed by atoms with van der Waals surface area (Å²) in [5.74, 6) is -0.543. The summed E-state index contributed by atoms with van der Waals surface area (Å²) in [6, 6.07) is 3.92. The monoisotopic (exact) mass is 230 g/mol. The molecule has 5 heteroatoms. The molecule has 0 aliphatic rings. The molecule has 0 spiro atoms. The van der Waals surface area contributed by atoms with E-state index in [2.05, 4.69) is 0 Å². The van der Waals surface area contributed by atoms with Crippen LogP contribution in [0.4, 0.5) is 13.2 Å². The summed E-state index contributed by atoms with van der Waals surface area (Å²) in [5, 5.41) is 0. The summed E-state index contributed by atoms with van der Waals surface area (Å²) >= 11 is 0. The van der Waals surface area contributed by atoms with E-state index >= 15 is 0 Å². The lowest BCUT2D eigenvalue weighted by Gasteiger charge is -2.07. The Morgan fingerprint density at radius 1 is 1.25 bits per heavy atom. The fourth-order valence-electron chi connectivity index (χ4n) is 0.998. The first-order valence-electron chi connectivity index (χ1n) is 4.45. The predicted molar refractivity (Wildman–Crippen MR) is 51.9 cm³/mol. The molecule has 0 saturated carbocycles. The van der Waals surface area contributed by atoms with Crippen molar-refractivity contribution in [2.75, 3.05) is 0 Å². The lowest BCUT2D eigenvalue weighted by atomic mass is 10.2. The van der Waals surface area contributed by atoms with E-state index in [1.165, 1.54) is 12.2 Å². The summed E-state index contributed by atoms with van der Waals surface area (Å²) in [6.45, 7) is 1.63. The molecule has 1 rings (SSSR count). The van der Waals surface area contributed by atoms with Gasteiger partial charge in [0.15, 0.2) is 0 Å². The molecular formula is C11H9F3O2. The summed E-state index contributed by atoms with van der Waals surface area (Å²) in [7, 11) is 0. The van der Waals surface area contributed by atoms with Gasteiger partial charge in [0.05, 0.1) is 5.56 Å². The summed E-state index contributed by atoms with van der Waals surface area (Å²) < 4.78 is 41.3. The molecule has 0 N–H and O–H groups in total.